The van der Waals surface area contributed by atoms with Crippen LogP contribution in [-0.2, 0) is 11.3 Å². The third-order valence-corrected chi connectivity index (χ3v) is 3.30. The van der Waals surface area contributed by atoms with E-state index in [0.717, 1.165) is 36.4 Å². The van der Waals surface area contributed by atoms with Crippen molar-refractivity contribution < 1.29 is 4.79 Å². The lowest BCUT2D eigenvalue weighted by Gasteiger charge is -2.08. The molecule has 5 heteroatoms. The number of hydrogen-bond donors (Lipinski definition) is 3. The third kappa shape index (κ3) is 2.22. The maximum absolute atomic E-state index is 11.8. The monoisotopic (exact) mass is 244 g/mol. The van der Waals surface area contributed by atoms with Crippen LogP contribution < -0.4 is 10.6 Å². The average Bonchev–Trinajstić information content (AvgIpc) is 3.04. The second-order valence-corrected chi connectivity index (χ2v) is 4.61. The van der Waals surface area contributed by atoms with Gasteiger partial charge in [0.1, 0.15) is 5.82 Å². The molecule has 1 aliphatic heterocycles. The number of rotatable bonds is 3. The van der Waals surface area contributed by atoms with E-state index < -0.39 is 0 Å². The molecule has 1 saturated heterocycles. The predicted molar refractivity (Wildman–Crippen MR) is 68.9 cm³/mol. The van der Waals surface area contributed by atoms with Crippen molar-refractivity contribution in [3.8, 4) is 0 Å². The van der Waals surface area contributed by atoms with Crippen molar-refractivity contribution in [2.75, 3.05) is 13.1 Å². The molecule has 1 amide bonds. The van der Waals surface area contributed by atoms with Crippen LogP contribution in [0.5, 0.6) is 0 Å². The molecule has 0 spiro atoms. The van der Waals surface area contributed by atoms with Crippen molar-refractivity contribution in [2.45, 2.75) is 13.0 Å². The van der Waals surface area contributed by atoms with Gasteiger partial charge in [-0.15, -0.1) is 0 Å². The van der Waals surface area contributed by atoms with Crippen LogP contribution in [-0.4, -0.2) is 29.0 Å². The Labute approximate surface area is 105 Å². The number of para-hydroxylation sites is 2. The van der Waals surface area contributed by atoms with Gasteiger partial charge in [0.05, 0.1) is 23.5 Å². The fraction of sp³-hybridized carbons (Fsp3) is 0.385. The molecule has 3 N–H and O–H groups in total. The number of amides is 1. The molecular weight excluding hydrogens is 228 g/mol. The largest absolute Gasteiger partial charge is 0.349 e. The molecule has 1 fully saturated rings. The van der Waals surface area contributed by atoms with E-state index in [4.69, 9.17) is 0 Å². The van der Waals surface area contributed by atoms with E-state index in [0.29, 0.717) is 6.54 Å². The van der Waals surface area contributed by atoms with Gasteiger partial charge in [-0.3, -0.25) is 4.79 Å². The lowest BCUT2D eigenvalue weighted by atomic mass is 10.1. The topological polar surface area (TPSA) is 69.8 Å². The highest BCUT2D eigenvalue weighted by atomic mass is 16.1. The van der Waals surface area contributed by atoms with E-state index in [9.17, 15) is 4.79 Å². The molecule has 0 bridgehead atoms. The van der Waals surface area contributed by atoms with Crippen molar-refractivity contribution in [3.63, 3.8) is 0 Å². The Hall–Kier alpha value is -1.88. The van der Waals surface area contributed by atoms with Crippen LogP contribution in [0.25, 0.3) is 11.0 Å². The summed E-state index contributed by atoms with van der Waals surface area (Å²) in [4.78, 5) is 19.5. The number of H-pyrrole nitrogens is 1. The maximum Gasteiger partial charge on any atom is 0.224 e. The minimum Gasteiger partial charge on any atom is -0.349 e. The Bertz CT molecular complexity index is 524. The van der Waals surface area contributed by atoms with Gasteiger partial charge in [0.15, 0.2) is 0 Å². The molecule has 1 atom stereocenters. The molecule has 0 saturated carbocycles. The van der Waals surface area contributed by atoms with Crippen LogP contribution >= 0.6 is 0 Å². The molecule has 1 aromatic heterocycles. The molecule has 2 heterocycles. The second-order valence-electron chi connectivity index (χ2n) is 4.61. The Kier molecular flexibility index (Phi) is 2.98. The summed E-state index contributed by atoms with van der Waals surface area (Å²) in [6.07, 6.45) is 0.923. The van der Waals surface area contributed by atoms with Crippen molar-refractivity contribution in [1.82, 2.24) is 20.6 Å². The number of aromatic amines is 1. The summed E-state index contributed by atoms with van der Waals surface area (Å²) in [6.45, 7) is 2.18. The second kappa shape index (κ2) is 4.78. The number of carbonyl (C=O) groups excluding carboxylic acids is 1. The first-order valence-corrected chi connectivity index (χ1v) is 6.25. The van der Waals surface area contributed by atoms with Crippen LogP contribution in [0.4, 0.5) is 0 Å². The summed E-state index contributed by atoms with van der Waals surface area (Å²) >= 11 is 0. The first-order chi connectivity index (χ1) is 8.83. The number of nitrogens with zero attached hydrogens (tertiary/aromatic N) is 1. The summed E-state index contributed by atoms with van der Waals surface area (Å²) in [5, 5.41) is 6.12. The van der Waals surface area contributed by atoms with Crippen molar-refractivity contribution >= 4 is 16.9 Å². The van der Waals surface area contributed by atoms with Crippen molar-refractivity contribution in [2.24, 2.45) is 5.92 Å². The molecule has 18 heavy (non-hydrogen) atoms. The smallest absolute Gasteiger partial charge is 0.224 e. The van der Waals surface area contributed by atoms with Crippen LogP contribution in [0.3, 0.4) is 0 Å². The van der Waals surface area contributed by atoms with E-state index in [1.165, 1.54) is 0 Å². The highest BCUT2D eigenvalue weighted by Crippen LogP contribution is 2.11. The summed E-state index contributed by atoms with van der Waals surface area (Å²) in [6, 6.07) is 7.86. The van der Waals surface area contributed by atoms with Crippen molar-refractivity contribution in [3.05, 3.63) is 30.1 Å². The molecule has 0 aliphatic carbocycles. The van der Waals surface area contributed by atoms with Gasteiger partial charge in [-0.2, -0.15) is 0 Å². The molecule has 3 rings (SSSR count). The van der Waals surface area contributed by atoms with Crippen molar-refractivity contribution in [1.29, 1.82) is 0 Å². The number of imidazole rings is 1. The highest BCUT2D eigenvalue weighted by Gasteiger charge is 2.22. The first kappa shape index (κ1) is 11.2. The minimum atomic E-state index is 0.106. The van der Waals surface area contributed by atoms with Crippen LogP contribution in [0.2, 0.25) is 0 Å². The zero-order valence-electron chi connectivity index (χ0n) is 10.1. The van der Waals surface area contributed by atoms with E-state index >= 15 is 0 Å². The first-order valence-electron chi connectivity index (χ1n) is 6.25. The van der Waals surface area contributed by atoms with Crippen LogP contribution in [0, 0.1) is 5.92 Å². The summed E-state index contributed by atoms with van der Waals surface area (Å²) in [5.74, 6) is 1.02. The Morgan fingerprint density at radius 3 is 3.11 bits per heavy atom. The molecule has 94 valence electrons. The number of carbonyl (C=O) groups is 1. The van der Waals surface area contributed by atoms with E-state index in [1.807, 2.05) is 24.3 Å². The lowest BCUT2D eigenvalue weighted by Crippen LogP contribution is -2.31. The number of hydrogen-bond acceptors (Lipinski definition) is 3. The molecule has 1 aromatic carbocycles. The lowest BCUT2D eigenvalue weighted by molar-refractivity contribution is -0.124. The molecule has 1 unspecified atom stereocenters. The predicted octanol–water partition coefficient (Wildman–Crippen LogP) is 0.789. The molecule has 5 nitrogen and oxygen atoms in total. The maximum atomic E-state index is 11.8. The zero-order chi connectivity index (χ0) is 12.4. The summed E-state index contributed by atoms with van der Waals surface area (Å²) < 4.78 is 0. The zero-order valence-corrected chi connectivity index (χ0v) is 10.1. The normalized spacial score (nSPS) is 19.2. The Morgan fingerprint density at radius 1 is 1.44 bits per heavy atom. The quantitative estimate of drug-likeness (QED) is 0.747. The standard InChI is InChI=1S/C13H16N4O/c18-13(9-5-6-14-7-9)15-8-12-16-10-3-1-2-4-11(10)17-12/h1-4,9,14H,5-8H2,(H,15,18)(H,16,17). The van der Waals surface area contributed by atoms with Gasteiger partial charge in [-0.05, 0) is 25.1 Å². The number of nitrogens with one attached hydrogen (secondary N) is 3. The van der Waals surface area contributed by atoms with Gasteiger partial charge in [0.2, 0.25) is 5.91 Å². The van der Waals surface area contributed by atoms with E-state index in [-0.39, 0.29) is 11.8 Å². The molecule has 1 aliphatic rings. The van der Waals surface area contributed by atoms with Crippen LogP contribution in [0.1, 0.15) is 12.2 Å². The van der Waals surface area contributed by atoms with Gasteiger partial charge < -0.3 is 15.6 Å². The van der Waals surface area contributed by atoms with Gasteiger partial charge in [0, 0.05) is 6.54 Å². The molecule has 2 aromatic rings. The van der Waals surface area contributed by atoms with Gasteiger partial charge in [-0.25, -0.2) is 4.98 Å². The fourth-order valence-corrected chi connectivity index (χ4v) is 2.28. The van der Waals surface area contributed by atoms with Crippen LogP contribution in [0.15, 0.2) is 24.3 Å². The molecule has 0 radical (unpaired) electrons. The fourth-order valence-electron chi connectivity index (χ4n) is 2.28. The molecular formula is C13H16N4O. The Morgan fingerprint density at radius 2 is 2.33 bits per heavy atom. The number of aromatic nitrogens is 2. The summed E-state index contributed by atoms with van der Waals surface area (Å²) in [5.41, 5.74) is 1.94. The van der Waals surface area contributed by atoms with E-state index in [1.54, 1.807) is 0 Å². The third-order valence-electron chi connectivity index (χ3n) is 3.30. The highest BCUT2D eigenvalue weighted by molar-refractivity contribution is 5.79. The minimum absolute atomic E-state index is 0.106. The SMILES string of the molecule is O=C(NCc1nc2ccccc2[nH]1)C1CCNC1. The average molecular weight is 244 g/mol. The Balaban J connectivity index is 1.63. The number of benzene rings is 1. The van der Waals surface area contributed by atoms with Gasteiger partial charge in [0.25, 0.3) is 0 Å². The van der Waals surface area contributed by atoms with Gasteiger partial charge in [-0.1, -0.05) is 12.1 Å². The van der Waals surface area contributed by atoms with Gasteiger partial charge >= 0.3 is 0 Å². The van der Waals surface area contributed by atoms with E-state index in [2.05, 4.69) is 20.6 Å². The number of fused-ring (bicyclic) bond motifs is 1. The summed E-state index contributed by atoms with van der Waals surface area (Å²) in [7, 11) is 0.